The van der Waals surface area contributed by atoms with Crippen LogP contribution in [-0.4, -0.2) is 15.0 Å². The maximum Gasteiger partial charge on any atom is 0.0845 e. The Balaban J connectivity index is 2.20. The van der Waals surface area contributed by atoms with Crippen molar-refractivity contribution in [2.45, 2.75) is 12.5 Å². The molecule has 1 atom stereocenters. The lowest BCUT2D eigenvalue weighted by molar-refractivity contribution is 0.694. The monoisotopic (exact) mass is 270 g/mol. The molecule has 2 aromatic rings. The number of benzene rings is 1. The molecule has 0 aliphatic carbocycles. The molecule has 1 heterocycles. The molecule has 4 nitrogen and oxygen atoms in total. The molecular weight excluding hydrogens is 259 g/mol. The lowest BCUT2D eigenvalue weighted by Gasteiger charge is -2.12. The largest absolute Gasteiger partial charge is 0.324 e. The van der Waals surface area contributed by atoms with Crippen molar-refractivity contribution in [3.8, 4) is 0 Å². The maximum atomic E-state index is 6.11. The summed E-state index contributed by atoms with van der Waals surface area (Å²) in [5, 5.41) is 8.86. The van der Waals surface area contributed by atoms with Crippen molar-refractivity contribution in [1.82, 2.24) is 15.0 Å². The third kappa shape index (κ3) is 2.77. The summed E-state index contributed by atoms with van der Waals surface area (Å²) in [6, 6.07) is 5.20. The quantitative estimate of drug-likeness (QED) is 0.932. The molecule has 0 fully saturated rings. The summed E-state index contributed by atoms with van der Waals surface area (Å²) in [6.07, 6.45) is 2.41. The summed E-state index contributed by atoms with van der Waals surface area (Å²) in [5.74, 6) is 0. The van der Waals surface area contributed by atoms with E-state index in [1.54, 1.807) is 10.7 Å². The molecule has 17 heavy (non-hydrogen) atoms. The molecule has 0 aliphatic heterocycles. The first kappa shape index (κ1) is 12.4. The van der Waals surface area contributed by atoms with Crippen LogP contribution in [0.4, 0.5) is 0 Å². The predicted octanol–water partition coefficient (Wildman–Crippen LogP) is 2.36. The summed E-state index contributed by atoms with van der Waals surface area (Å²) in [6.45, 7) is 0. The molecular formula is C11H12Cl2N4. The second-order valence-electron chi connectivity index (χ2n) is 3.84. The van der Waals surface area contributed by atoms with E-state index >= 15 is 0 Å². The van der Waals surface area contributed by atoms with Crippen molar-refractivity contribution in [2.75, 3.05) is 0 Å². The number of rotatable bonds is 3. The van der Waals surface area contributed by atoms with Crippen LogP contribution in [-0.2, 0) is 13.5 Å². The Morgan fingerprint density at radius 1 is 1.41 bits per heavy atom. The van der Waals surface area contributed by atoms with Crippen LogP contribution in [0.15, 0.2) is 24.4 Å². The van der Waals surface area contributed by atoms with Gasteiger partial charge in [0.05, 0.1) is 15.7 Å². The Hall–Kier alpha value is -1.10. The highest BCUT2D eigenvalue weighted by atomic mass is 35.5. The molecule has 2 N–H and O–H groups in total. The second-order valence-corrected chi connectivity index (χ2v) is 4.62. The minimum atomic E-state index is -0.238. The number of hydrogen-bond donors (Lipinski definition) is 1. The molecule has 90 valence electrons. The SMILES string of the molecule is Cn1cc(CC(N)c2cccc(Cl)c2Cl)nn1. The number of halogens is 2. The van der Waals surface area contributed by atoms with E-state index in [2.05, 4.69) is 10.3 Å². The molecule has 0 amide bonds. The first-order chi connectivity index (χ1) is 8.08. The van der Waals surface area contributed by atoms with Gasteiger partial charge in [0.2, 0.25) is 0 Å². The Morgan fingerprint density at radius 2 is 2.18 bits per heavy atom. The fourth-order valence-corrected chi connectivity index (χ4v) is 2.08. The van der Waals surface area contributed by atoms with Gasteiger partial charge in [-0.2, -0.15) is 0 Å². The highest BCUT2D eigenvalue weighted by molar-refractivity contribution is 6.42. The van der Waals surface area contributed by atoms with Gasteiger partial charge in [0, 0.05) is 25.7 Å². The van der Waals surface area contributed by atoms with Crippen LogP contribution in [0.2, 0.25) is 10.0 Å². The van der Waals surface area contributed by atoms with Crippen LogP contribution in [0, 0.1) is 0 Å². The van der Waals surface area contributed by atoms with Crippen molar-refractivity contribution < 1.29 is 0 Å². The summed E-state index contributed by atoms with van der Waals surface area (Å²) >= 11 is 12.1. The Bertz CT molecular complexity index is 524. The zero-order valence-electron chi connectivity index (χ0n) is 9.27. The topological polar surface area (TPSA) is 56.7 Å². The number of hydrogen-bond acceptors (Lipinski definition) is 3. The lowest BCUT2D eigenvalue weighted by Crippen LogP contribution is -2.14. The average Bonchev–Trinajstić information content (AvgIpc) is 2.68. The zero-order chi connectivity index (χ0) is 12.4. The maximum absolute atomic E-state index is 6.11. The van der Waals surface area contributed by atoms with Gasteiger partial charge in [-0.1, -0.05) is 40.5 Å². The molecule has 1 aromatic carbocycles. The fraction of sp³-hybridized carbons (Fsp3) is 0.273. The Kier molecular flexibility index (Phi) is 3.66. The molecule has 0 spiro atoms. The van der Waals surface area contributed by atoms with Gasteiger partial charge in [-0.15, -0.1) is 5.10 Å². The van der Waals surface area contributed by atoms with Gasteiger partial charge < -0.3 is 5.73 Å². The standard InChI is InChI=1S/C11H12Cl2N4/c1-17-6-7(15-16-17)5-10(14)8-3-2-4-9(12)11(8)13/h2-4,6,10H,5,14H2,1H3. The van der Waals surface area contributed by atoms with E-state index in [0.29, 0.717) is 16.5 Å². The number of aromatic nitrogens is 3. The van der Waals surface area contributed by atoms with Crippen LogP contribution in [0.5, 0.6) is 0 Å². The van der Waals surface area contributed by atoms with Crippen LogP contribution in [0.1, 0.15) is 17.3 Å². The number of nitrogens with zero attached hydrogens (tertiary/aromatic N) is 3. The van der Waals surface area contributed by atoms with Gasteiger partial charge in [-0.05, 0) is 11.6 Å². The minimum Gasteiger partial charge on any atom is -0.324 e. The van der Waals surface area contributed by atoms with Gasteiger partial charge in [-0.3, -0.25) is 4.68 Å². The number of aryl methyl sites for hydroxylation is 1. The van der Waals surface area contributed by atoms with Gasteiger partial charge >= 0.3 is 0 Å². The van der Waals surface area contributed by atoms with Gasteiger partial charge in [0.1, 0.15) is 0 Å². The van der Waals surface area contributed by atoms with E-state index in [1.807, 2.05) is 25.4 Å². The van der Waals surface area contributed by atoms with Crippen molar-refractivity contribution in [3.63, 3.8) is 0 Å². The Labute approximate surface area is 109 Å². The first-order valence-corrected chi connectivity index (χ1v) is 5.88. The Morgan fingerprint density at radius 3 is 2.82 bits per heavy atom. The van der Waals surface area contributed by atoms with E-state index < -0.39 is 0 Å². The molecule has 0 saturated heterocycles. The van der Waals surface area contributed by atoms with E-state index in [0.717, 1.165) is 11.3 Å². The van der Waals surface area contributed by atoms with Gasteiger partial charge in [0.25, 0.3) is 0 Å². The summed E-state index contributed by atoms with van der Waals surface area (Å²) in [7, 11) is 1.81. The molecule has 0 radical (unpaired) electrons. The summed E-state index contributed by atoms with van der Waals surface area (Å²) in [4.78, 5) is 0. The predicted molar refractivity (Wildman–Crippen MR) is 68.1 cm³/mol. The van der Waals surface area contributed by atoms with Crippen molar-refractivity contribution >= 4 is 23.2 Å². The van der Waals surface area contributed by atoms with Crippen LogP contribution >= 0.6 is 23.2 Å². The third-order valence-electron chi connectivity index (χ3n) is 2.46. The van der Waals surface area contributed by atoms with E-state index in [4.69, 9.17) is 28.9 Å². The van der Waals surface area contributed by atoms with E-state index in [-0.39, 0.29) is 6.04 Å². The molecule has 1 unspecified atom stereocenters. The van der Waals surface area contributed by atoms with Crippen molar-refractivity contribution in [2.24, 2.45) is 12.8 Å². The molecule has 6 heteroatoms. The van der Waals surface area contributed by atoms with Crippen LogP contribution in [0.3, 0.4) is 0 Å². The normalized spacial score (nSPS) is 12.7. The van der Waals surface area contributed by atoms with E-state index in [1.165, 1.54) is 0 Å². The molecule has 2 rings (SSSR count). The smallest absolute Gasteiger partial charge is 0.0845 e. The highest BCUT2D eigenvalue weighted by Crippen LogP contribution is 2.30. The van der Waals surface area contributed by atoms with Crippen molar-refractivity contribution in [1.29, 1.82) is 0 Å². The van der Waals surface area contributed by atoms with Gasteiger partial charge in [-0.25, -0.2) is 0 Å². The third-order valence-corrected chi connectivity index (χ3v) is 3.29. The van der Waals surface area contributed by atoms with Crippen LogP contribution < -0.4 is 5.73 Å². The lowest BCUT2D eigenvalue weighted by atomic mass is 10.0. The minimum absolute atomic E-state index is 0.238. The molecule has 0 aliphatic rings. The molecule has 0 saturated carbocycles. The van der Waals surface area contributed by atoms with E-state index in [9.17, 15) is 0 Å². The molecule has 1 aromatic heterocycles. The zero-order valence-corrected chi connectivity index (χ0v) is 10.8. The van der Waals surface area contributed by atoms with Crippen LogP contribution in [0.25, 0.3) is 0 Å². The second kappa shape index (κ2) is 5.04. The molecule has 0 bridgehead atoms. The fourth-order valence-electron chi connectivity index (χ4n) is 1.63. The van der Waals surface area contributed by atoms with Crippen molar-refractivity contribution in [3.05, 3.63) is 45.7 Å². The first-order valence-electron chi connectivity index (χ1n) is 5.12. The summed E-state index contributed by atoms with van der Waals surface area (Å²) < 4.78 is 1.64. The average molecular weight is 271 g/mol. The summed E-state index contributed by atoms with van der Waals surface area (Å²) in [5.41, 5.74) is 7.74. The van der Waals surface area contributed by atoms with Gasteiger partial charge in [0.15, 0.2) is 0 Å². The number of nitrogens with two attached hydrogens (primary N) is 1. The highest BCUT2D eigenvalue weighted by Gasteiger charge is 2.14.